The van der Waals surface area contributed by atoms with E-state index < -0.39 is 0 Å². The third-order valence-corrected chi connectivity index (χ3v) is 4.76. The Kier molecular flexibility index (Phi) is 4.55. The van der Waals surface area contributed by atoms with Crippen molar-refractivity contribution in [3.8, 4) is 0 Å². The van der Waals surface area contributed by atoms with Gasteiger partial charge in [0.15, 0.2) is 0 Å². The molecule has 3 rings (SSSR count). The summed E-state index contributed by atoms with van der Waals surface area (Å²) in [6, 6.07) is 14.9. The predicted molar refractivity (Wildman–Crippen MR) is 94.1 cm³/mol. The first-order valence-electron chi connectivity index (χ1n) is 7.10. The largest absolute Gasteiger partial charge is 0.293 e. The molecule has 0 N–H and O–H groups in total. The number of rotatable bonds is 3. The lowest BCUT2D eigenvalue weighted by molar-refractivity contribution is -0.123. The smallest absolute Gasteiger partial charge is 0.268 e. The van der Waals surface area contributed by atoms with Gasteiger partial charge in [-0.1, -0.05) is 48.0 Å². The molecule has 0 spiro atoms. The summed E-state index contributed by atoms with van der Waals surface area (Å²) in [5.74, 6) is -0.252. The molecular formula is C18H14ClNO2S. The molecule has 0 aromatic heterocycles. The van der Waals surface area contributed by atoms with Crippen LogP contribution in [0.2, 0.25) is 5.02 Å². The first-order valence-corrected chi connectivity index (χ1v) is 8.29. The van der Waals surface area contributed by atoms with E-state index in [0.29, 0.717) is 9.93 Å². The van der Waals surface area contributed by atoms with Gasteiger partial charge in [-0.3, -0.25) is 14.5 Å². The minimum atomic E-state index is -0.252. The van der Waals surface area contributed by atoms with Gasteiger partial charge in [0.1, 0.15) is 0 Å². The minimum absolute atomic E-state index is 0.246. The SMILES string of the molecule is Cc1ccccc1/C=C1\SC(=O)N(Cc2ccc(Cl)cc2)C1=O. The number of carbonyl (C=O) groups excluding carboxylic acids is 2. The van der Waals surface area contributed by atoms with Gasteiger partial charge >= 0.3 is 0 Å². The highest BCUT2D eigenvalue weighted by molar-refractivity contribution is 8.18. The van der Waals surface area contributed by atoms with Gasteiger partial charge < -0.3 is 0 Å². The summed E-state index contributed by atoms with van der Waals surface area (Å²) in [4.78, 5) is 26.4. The molecule has 116 valence electrons. The second-order valence-electron chi connectivity index (χ2n) is 5.25. The Balaban J connectivity index is 1.82. The fraction of sp³-hybridized carbons (Fsp3) is 0.111. The Morgan fingerprint density at radius 3 is 2.48 bits per heavy atom. The number of nitrogens with zero attached hydrogens (tertiary/aromatic N) is 1. The molecule has 0 atom stereocenters. The molecule has 5 heteroatoms. The lowest BCUT2D eigenvalue weighted by atomic mass is 10.1. The summed E-state index contributed by atoms with van der Waals surface area (Å²) < 4.78 is 0. The maximum absolute atomic E-state index is 12.5. The van der Waals surface area contributed by atoms with Crippen molar-refractivity contribution >= 4 is 40.6 Å². The molecule has 1 saturated heterocycles. The van der Waals surface area contributed by atoms with Gasteiger partial charge in [-0.15, -0.1) is 0 Å². The molecule has 0 saturated carbocycles. The lowest BCUT2D eigenvalue weighted by Gasteiger charge is -2.12. The van der Waals surface area contributed by atoms with Crippen molar-refractivity contribution in [2.75, 3.05) is 0 Å². The topological polar surface area (TPSA) is 37.4 Å². The molecule has 0 radical (unpaired) electrons. The van der Waals surface area contributed by atoms with Gasteiger partial charge in [-0.25, -0.2) is 0 Å². The van der Waals surface area contributed by atoms with Crippen LogP contribution < -0.4 is 0 Å². The molecule has 1 aliphatic rings. The zero-order valence-corrected chi connectivity index (χ0v) is 14.0. The zero-order chi connectivity index (χ0) is 16.4. The summed E-state index contributed by atoms with van der Waals surface area (Å²) in [6.45, 7) is 2.23. The quantitative estimate of drug-likeness (QED) is 0.745. The fourth-order valence-electron chi connectivity index (χ4n) is 2.30. The number of hydrogen-bond donors (Lipinski definition) is 0. The third-order valence-electron chi connectivity index (χ3n) is 3.60. The van der Waals surface area contributed by atoms with Gasteiger partial charge in [0.05, 0.1) is 11.4 Å². The number of aryl methyl sites for hydroxylation is 1. The average molecular weight is 344 g/mol. The Bertz CT molecular complexity index is 799. The van der Waals surface area contributed by atoms with E-state index in [1.165, 1.54) is 4.90 Å². The van der Waals surface area contributed by atoms with E-state index in [1.54, 1.807) is 18.2 Å². The van der Waals surface area contributed by atoms with Crippen molar-refractivity contribution in [3.63, 3.8) is 0 Å². The van der Waals surface area contributed by atoms with E-state index in [9.17, 15) is 9.59 Å². The maximum Gasteiger partial charge on any atom is 0.293 e. The summed E-state index contributed by atoms with van der Waals surface area (Å²) in [6.07, 6.45) is 1.78. The molecule has 0 unspecified atom stereocenters. The van der Waals surface area contributed by atoms with Crippen LogP contribution in [0.25, 0.3) is 6.08 Å². The standard InChI is InChI=1S/C18H14ClNO2S/c1-12-4-2-3-5-14(12)10-16-17(21)20(18(22)23-16)11-13-6-8-15(19)9-7-13/h2-10H,11H2,1H3/b16-10-. The molecule has 2 amide bonds. The second kappa shape index (κ2) is 6.60. The van der Waals surface area contributed by atoms with Crippen LogP contribution in [-0.4, -0.2) is 16.0 Å². The summed E-state index contributed by atoms with van der Waals surface area (Å²) in [5, 5.41) is 0.382. The minimum Gasteiger partial charge on any atom is -0.268 e. The van der Waals surface area contributed by atoms with Crippen LogP contribution >= 0.6 is 23.4 Å². The Hall–Kier alpha value is -2.04. The first kappa shape index (κ1) is 15.8. The van der Waals surface area contributed by atoms with E-state index in [2.05, 4.69) is 0 Å². The van der Waals surface area contributed by atoms with Crippen molar-refractivity contribution in [3.05, 3.63) is 75.1 Å². The molecule has 2 aromatic rings. The summed E-state index contributed by atoms with van der Waals surface area (Å²) >= 11 is 6.83. The molecule has 1 aliphatic heterocycles. The molecule has 1 heterocycles. The number of carbonyl (C=O) groups is 2. The molecule has 0 aliphatic carbocycles. The number of imide groups is 1. The van der Waals surface area contributed by atoms with Gasteiger partial charge in [-0.2, -0.15) is 0 Å². The predicted octanol–water partition coefficient (Wildman–Crippen LogP) is 4.88. The van der Waals surface area contributed by atoms with Crippen molar-refractivity contribution < 1.29 is 9.59 Å². The number of thioether (sulfide) groups is 1. The summed E-state index contributed by atoms with van der Waals surface area (Å²) in [5.41, 5.74) is 2.88. The van der Waals surface area contributed by atoms with Crippen molar-refractivity contribution in [2.45, 2.75) is 13.5 Å². The van der Waals surface area contributed by atoms with Crippen molar-refractivity contribution in [1.29, 1.82) is 0 Å². The van der Waals surface area contributed by atoms with Gasteiger partial charge in [0.25, 0.3) is 11.1 Å². The zero-order valence-electron chi connectivity index (χ0n) is 12.5. The van der Waals surface area contributed by atoms with Crippen LogP contribution in [-0.2, 0) is 11.3 Å². The number of halogens is 1. The Labute approximate surface area is 143 Å². The molecule has 0 bridgehead atoms. The number of amides is 2. The van der Waals surface area contributed by atoms with Crippen LogP contribution in [0.1, 0.15) is 16.7 Å². The molecule has 1 fully saturated rings. The lowest BCUT2D eigenvalue weighted by Crippen LogP contribution is -2.27. The molecule has 3 nitrogen and oxygen atoms in total. The average Bonchev–Trinajstić information content (AvgIpc) is 2.79. The highest BCUT2D eigenvalue weighted by Gasteiger charge is 2.34. The van der Waals surface area contributed by atoms with E-state index >= 15 is 0 Å². The van der Waals surface area contributed by atoms with Crippen molar-refractivity contribution in [2.24, 2.45) is 0 Å². The first-order chi connectivity index (χ1) is 11.0. The van der Waals surface area contributed by atoms with E-state index in [1.807, 2.05) is 43.3 Å². The van der Waals surface area contributed by atoms with E-state index in [0.717, 1.165) is 28.5 Å². The highest BCUT2D eigenvalue weighted by Crippen LogP contribution is 2.33. The monoisotopic (exact) mass is 343 g/mol. The van der Waals surface area contributed by atoms with Gasteiger partial charge in [0.2, 0.25) is 0 Å². The van der Waals surface area contributed by atoms with Gasteiger partial charge in [0, 0.05) is 5.02 Å². The van der Waals surface area contributed by atoms with Crippen LogP contribution in [0, 0.1) is 6.92 Å². The van der Waals surface area contributed by atoms with E-state index in [4.69, 9.17) is 11.6 Å². The van der Waals surface area contributed by atoms with Crippen LogP contribution in [0.15, 0.2) is 53.4 Å². The van der Waals surface area contributed by atoms with Crippen LogP contribution in [0.4, 0.5) is 4.79 Å². The van der Waals surface area contributed by atoms with E-state index in [-0.39, 0.29) is 17.7 Å². The van der Waals surface area contributed by atoms with Gasteiger partial charge in [-0.05, 0) is 53.6 Å². The normalized spacial score (nSPS) is 16.4. The Morgan fingerprint density at radius 1 is 1.09 bits per heavy atom. The second-order valence-corrected chi connectivity index (χ2v) is 6.68. The van der Waals surface area contributed by atoms with Crippen LogP contribution in [0.3, 0.4) is 0 Å². The number of hydrogen-bond acceptors (Lipinski definition) is 3. The maximum atomic E-state index is 12.5. The van der Waals surface area contributed by atoms with Crippen LogP contribution in [0.5, 0.6) is 0 Å². The number of benzene rings is 2. The molecule has 2 aromatic carbocycles. The Morgan fingerprint density at radius 2 is 1.78 bits per heavy atom. The summed E-state index contributed by atoms with van der Waals surface area (Å²) in [7, 11) is 0. The fourth-order valence-corrected chi connectivity index (χ4v) is 3.25. The molecular weight excluding hydrogens is 330 g/mol. The van der Waals surface area contributed by atoms with Crippen molar-refractivity contribution in [1.82, 2.24) is 4.90 Å². The highest BCUT2D eigenvalue weighted by atomic mass is 35.5. The molecule has 23 heavy (non-hydrogen) atoms. The third kappa shape index (κ3) is 3.49.